The number of aliphatic hydroxyl groups is 1. The molecule has 1 aromatic carbocycles. The Morgan fingerprint density at radius 2 is 2.38 bits per heavy atom. The number of carbonyl (C=O) groups excluding carboxylic acids is 1. The molecule has 2 atom stereocenters. The molecule has 0 saturated carbocycles. The number of morpholine rings is 1. The van der Waals surface area contributed by atoms with Crippen LogP contribution in [0, 0.1) is 0 Å². The summed E-state index contributed by atoms with van der Waals surface area (Å²) in [4.78, 5) is 12.8. The molecule has 112 valence electrons. The van der Waals surface area contributed by atoms with Crippen LogP contribution in [0.25, 0.3) is 10.1 Å². The first-order chi connectivity index (χ1) is 10.2. The normalized spacial score (nSPS) is 20.3. The lowest BCUT2D eigenvalue weighted by Gasteiger charge is -2.23. The van der Waals surface area contributed by atoms with Crippen LogP contribution in [0.15, 0.2) is 30.3 Å². The maximum atomic E-state index is 11.9. The molecule has 3 N–H and O–H groups in total. The predicted molar refractivity (Wildman–Crippen MR) is 82.4 cm³/mol. The summed E-state index contributed by atoms with van der Waals surface area (Å²) >= 11 is 1.55. The molecule has 1 fully saturated rings. The minimum Gasteiger partial charge on any atom is -0.386 e. The Bertz CT molecular complexity index is 589. The number of amides is 1. The quantitative estimate of drug-likeness (QED) is 0.789. The van der Waals surface area contributed by atoms with E-state index in [2.05, 4.69) is 10.6 Å². The lowest BCUT2D eigenvalue weighted by molar-refractivity contribution is -0.126. The van der Waals surface area contributed by atoms with Crippen molar-refractivity contribution in [1.82, 2.24) is 10.6 Å². The average molecular weight is 306 g/mol. The number of nitrogens with one attached hydrogen (secondary N) is 2. The van der Waals surface area contributed by atoms with Crippen LogP contribution in [0.5, 0.6) is 0 Å². The minimum absolute atomic E-state index is 0.130. The van der Waals surface area contributed by atoms with Gasteiger partial charge in [0.1, 0.15) is 12.1 Å². The Hall–Kier alpha value is -1.47. The molecule has 1 amide bonds. The number of thiophene rings is 1. The molecule has 0 spiro atoms. The van der Waals surface area contributed by atoms with Gasteiger partial charge < -0.3 is 20.5 Å². The van der Waals surface area contributed by atoms with E-state index in [4.69, 9.17) is 4.74 Å². The van der Waals surface area contributed by atoms with Crippen molar-refractivity contribution in [3.63, 3.8) is 0 Å². The molecule has 1 saturated heterocycles. The van der Waals surface area contributed by atoms with Gasteiger partial charge in [0.2, 0.25) is 5.91 Å². The van der Waals surface area contributed by atoms with E-state index < -0.39 is 6.10 Å². The number of hydrogen-bond donors (Lipinski definition) is 3. The SMILES string of the molecule is O=C(NCC(O)c1cc2ccccc2s1)C1COCCN1. The van der Waals surface area contributed by atoms with Gasteiger partial charge in [-0.15, -0.1) is 11.3 Å². The van der Waals surface area contributed by atoms with Crippen LogP contribution in [0.3, 0.4) is 0 Å². The van der Waals surface area contributed by atoms with Crippen molar-refractivity contribution in [2.75, 3.05) is 26.3 Å². The number of benzene rings is 1. The van der Waals surface area contributed by atoms with Crippen LogP contribution in [0.4, 0.5) is 0 Å². The lowest BCUT2D eigenvalue weighted by Crippen LogP contribution is -2.51. The van der Waals surface area contributed by atoms with Gasteiger partial charge in [0, 0.05) is 22.7 Å². The summed E-state index contributed by atoms with van der Waals surface area (Å²) in [5.74, 6) is -0.130. The first-order valence-corrected chi connectivity index (χ1v) is 7.81. The lowest BCUT2D eigenvalue weighted by atomic mass is 10.2. The average Bonchev–Trinajstić information content (AvgIpc) is 2.97. The Kier molecular flexibility index (Phi) is 4.50. The van der Waals surface area contributed by atoms with Crippen molar-refractivity contribution in [1.29, 1.82) is 0 Å². The Morgan fingerprint density at radius 3 is 3.14 bits per heavy atom. The van der Waals surface area contributed by atoms with E-state index in [1.165, 1.54) is 0 Å². The standard InChI is InChI=1S/C15H18N2O3S/c18-12(8-17-15(19)11-9-20-6-5-16-11)14-7-10-3-1-2-4-13(10)21-14/h1-4,7,11-12,16,18H,5-6,8-9H2,(H,17,19). The van der Waals surface area contributed by atoms with Gasteiger partial charge in [0.05, 0.1) is 13.2 Å². The second-order valence-corrected chi connectivity index (χ2v) is 6.14. The minimum atomic E-state index is -0.684. The van der Waals surface area contributed by atoms with E-state index in [0.717, 1.165) is 15.0 Å². The molecule has 2 aromatic rings. The fourth-order valence-electron chi connectivity index (χ4n) is 2.32. The van der Waals surface area contributed by atoms with Crippen molar-refractivity contribution in [3.05, 3.63) is 35.2 Å². The van der Waals surface area contributed by atoms with Crippen LogP contribution < -0.4 is 10.6 Å². The maximum absolute atomic E-state index is 11.9. The van der Waals surface area contributed by atoms with Crippen LogP contribution in [-0.4, -0.2) is 43.4 Å². The summed E-state index contributed by atoms with van der Waals surface area (Å²) in [6.45, 7) is 1.90. The summed E-state index contributed by atoms with van der Waals surface area (Å²) in [5, 5.41) is 17.2. The maximum Gasteiger partial charge on any atom is 0.239 e. The zero-order valence-corrected chi connectivity index (χ0v) is 12.4. The summed E-state index contributed by atoms with van der Waals surface area (Å²) in [6, 6.07) is 9.64. The highest BCUT2D eigenvalue weighted by atomic mass is 32.1. The van der Waals surface area contributed by atoms with Crippen molar-refractivity contribution in [2.24, 2.45) is 0 Å². The molecule has 5 nitrogen and oxygen atoms in total. The van der Waals surface area contributed by atoms with Crippen molar-refractivity contribution < 1.29 is 14.6 Å². The van der Waals surface area contributed by atoms with Crippen LogP contribution in [-0.2, 0) is 9.53 Å². The van der Waals surface area contributed by atoms with Gasteiger partial charge in [0.25, 0.3) is 0 Å². The number of aliphatic hydroxyl groups excluding tert-OH is 1. The molecule has 3 rings (SSSR count). The van der Waals surface area contributed by atoms with Crippen molar-refractivity contribution in [2.45, 2.75) is 12.1 Å². The van der Waals surface area contributed by atoms with E-state index in [9.17, 15) is 9.90 Å². The molecule has 21 heavy (non-hydrogen) atoms. The predicted octanol–water partition coefficient (Wildman–Crippen LogP) is 1.04. The summed E-state index contributed by atoms with van der Waals surface area (Å²) in [5.41, 5.74) is 0. The number of rotatable bonds is 4. The van der Waals surface area contributed by atoms with Crippen molar-refractivity contribution in [3.8, 4) is 0 Å². The largest absolute Gasteiger partial charge is 0.386 e. The smallest absolute Gasteiger partial charge is 0.239 e. The zero-order chi connectivity index (χ0) is 14.7. The molecule has 1 aliphatic rings. The van der Waals surface area contributed by atoms with Gasteiger partial charge in [-0.25, -0.2) is 0 Å². The third kappa shape index (κ3) is 3.41. The monoisotopic (exact) mass is 306 g/mol. The number of hydrogen-bond acceptors (Lipinski definition) is 5. The summed E-state index contributed by atoms with van der Waals surface area (Å²) < 4.78 is 6.39. The third-order valence-corrected chi connectivity index (χ3v) is 4.70. The van der Waals surface area contributed by atoms with Crippen LogP contribution in [0.2, 0.25) is 0 Å². The molecule has 0 radical (unpaired) electrons. The molecule has 6 heteroatoms. The van der Waals surface area contributed by atoms with Gasteiger partial charge in [-0.2, -0.15) is 0 Å². The van der Waals surface area contributed by atoms with Gasteiger partial charge in [-0.1, -0.05) is 18.2 Å². The number of fused-ring (bicyclic) bond motifs is 1. The molecular formula is C15H18N2O3S. The van der Waals surface area contributed by atoms with Crippen LogP contribution in [0.1, 0.15) is 11.0 Å². The fraction of sp³-hybridized carbons (Fsp3) is 0.400. The number of carbonyl (C=O) groups is 1. The van der Waals surface area contributed by atoms with Crippen molar-refractivity contribution >= 4 is 27.3 Å². The highest BCUT2D eigenvalue weighted by Gasteiger charge is 2.22. The highest BCUT2D eigenvalue weighted by molar-refractivity contribution is 7.19. The molecular weight excluding hydrogens is 288 g/mol. The summed E-state index contributed by atoms with van der Waals surface area (Å²) in [7, 11) is 0. The van der Waals surface area contributed by atoms with E-state index >= 15 is 0 Å². The Labute approximate surface area is 126 Å². The van der Waals surface area contributed by atoms with Gasteiger partial charge in [-0.3, -0.25) is 4.79 Å². The Balaban J connectivity index is 1.58. The van der Waals surface area contributed by atoms with Gasteiger partial charge in [0.15, 0.2) is 0 Å². The van der Waals surface area contributed by atoms with Crippen LogP contribution >= 0.6 is 11.3 Å². The summed E-state index contributed by atoms with van der Waals surface area (Å²) in [6.07, 6.45) is -0.684. The van der Waals surface area contributed by atoms with E-state index in [1.54, 1.807) is 11.3 Å². The molecule has 2 unspecified atom stereocenters. The van der Waals surface area contributed by atoms with E-state index in [0.29, 0.717) is 19.8 Å². The zero-order valence-electron chi connectivity index (χ0n) is 11.5. The molecule has 1 aromatic heterocycles. The van der Waals surface area contributed by atoms with E-state index in [1.807, 2.05) is 30.3 Å². The number of ether oxygens (including phenoxy) is 1. The first kappa shape index (κ1) is 14.5. The second-order valence-electron chi connectivity index (χ2n) is 5.03. The van der Waals surface area contributed by atoms with E-state index in [-0.39, 0.29) is 18.5 Å². The topological polar surface area (TPSA) is 70.6 Å². The second kappa shape index (κ2) is 6.53. The molecule has 0 bridgehead atoms. The first-order valence-electron chi connectivity index (χ1n) is 6.99. The molecule has 2 heterocycles. The highest BCUT2D eigenvalue weighted by Crippen LogP contribution is 2.29. The Morgan fingerprint density at radius 1 is 1.52 bits per heavy atom. The fourth-order valence-corrected chi connectivity index (χ4v) is 3.37. The third-order valence-electron chi connectivity index (χ3n) is 3.48. The molecule has 1 aliphatic heterocycles. The molecule has 0 aliphatic carbocycles. The van der Waals surface area contributed by atoms with Gasteiger partial charge >= 0.3 is 0 Å². The van der Waals surface area contributed by atoms with Gasteiger partial charge in [-0.05, 0) is 17.5 Å².